The predicted octanol–water partition coefficient (Wildman–Crippen LogP) is 3.74. The fourth-order valence-corrected chi connectivity index (χ4v) is 2.13. The maximum absolute atomic E-state index is 13.6. The molecule has 0 fully saturated rings. The summed E-state index contributed by atoms with van der Waals surface area (Å²) in [5, 5.41) is 21.8. The largest absolute Gasteiger partial charge is 0.504 e. The molecule has 0 heterocycles. The fraction of sp³-hybridized carbons (Fsp3) is 0.0588. The number of para-hydroxylation sites is 1. The van der Waals surface area contributed by atoms with Gasteiger partial charge < -0.3 is 15.2 Å². The molecule has 24 heavy (non-hydrogen) atoms. The molecular formula is C17H12ClFN2O3. The summed E-state index contributed by atoms with van der Waals surface area (Å²) in [6.45, 7) is 0. The van der Waals surface area contributed by atoms with E-state index < -0.39 is 11.7 Å². The average Bonchev–Trinajstić information content (AvgIpc) is 2.57. The van der Waals surface area contributed by atoms with Crippen molar-refractivity contribution in [3.8, 4) is 17.6 Å². The maximum Gasteiger partial charge on any atom is 0.266 e. The average molecular weight is 347 g/mol. The Bertz CT molecular complexity index is 859. The summed E-state index contributed by atoms with van der Waals surface area (Å²) >= 11 is 5.90. The number of nitriles is 1. The highest BCUT2D eigenvalue weighted by atomic mass is 35.5. The number of anilines is 1. The lowest BCUT2D eigenvalue weighted by Crippen LogP contribution is -2.14. The van der Waals surface area contributed by atoms with Gasteiger partial charge in [0.25, 0.3) is 5.91 Å². The lowest BCUT2D eigenvalue weighted by Gasteiger charge is -2.08. The van der Waals surface area contributed by atoms with E-state index in [1.807, 2.05) is 0 Å². The number of rotatable bonds is 4. The number of nitrogens with one attached hydrogen (secondary N) is 1. The minimum absolute atomic E-state index is 0.0588. The van der Waals surface area contributed by atoms with Gasteiger partial charge in [-0.1, -0.05) is 23.7 Å². The lowest BCUT2D eigenvalue weighted by atomic mass is 10.1. The van der Waals surface area contributed by atoms with Crippen molar-refractivity contribution >= 4 is 29.3 Å². The number of nitrogens with zero attached hydrogens (tertiary/aromatic N) is 1. The molecule has 0 atom stereocenters. The van der Waals surface area contributed by atoms with Crippen molar-refractivity contribution in [3.63, 3.8) is 0 Å². The van der Waals surface area contributed by atoms with Crippen LogP contribution in [0.2, 0.25) is 5.02 Å². The summed E-state index contributed by atoms with van der Waals surface area (Å²) < 4.78 is 18.5. The summed E-state index contributed by atoms with van der Waals surface area (Å²) in [4.78, 5) is 12.1. The van der Waals surface area contributed by atoms with Gasteiger partial charge in [0.2, 0.25) is 0 Å². The van der Waals surface area contributed by atoms with Gasteiger partial charge in [0.15, 0.2) is 11.5 Å². The number of carbonyl (C=O) groups is 1. The summed E-state index contributed by atoms with van der Waals surface area (Å²) in [5.41, 5.74) is -0.269. The second-order valence-electron chi connectivity index (χ2n) is 4.65. The topological polar surface area (TPSA) is 82.3 Å². The van der Waals surface area contributed by atoms with Crippen LogP contribution in [0, 0.1) is 17.1 Å². The third-order valence-electron chi connectivity index (χ3n) is 3.08. The summed E-state index contributed by atoms with van der Waals surface area (Å²) in [6, 6.07) is 10.0. The summed E-state index contributed by atoms with van der Waals surface area (Å²) in [7, 11) is 1.34. The maximum atomic E-state index is 13.6. The molecule has 0 saturated carbocycles. The Morgan fingerprint density at radius 2 is 2.12 bits per heavy atom. The van der Waals surface area contributed by atoms with Crippen molar-refractivity contribution in [2.24, 2.45) is 0 Å². The highest BCUT2D eigenvalue weighted by Gasteiger charge is 2.15. The van der Waals surface area contributed by atoms with E-state index in [-0.39, 0.29) is 33.3 Å². The van der Waals surface area contributed by atoms with Gasteiger partial charge >= 0.3 is 0 Å². The molecule has 0 saturated heterocycles. The molecule has 122 valence electrons. The molecule has 0 bridgehead atoms. The zero-order chi connectivity index (χ0) is 17.7. The Morgan fingerprint density at radius 1 is 1.42 bits per heavy atom. The van der Waals surface area contributed by atoms with Crippen LogP contribution in [0.5, 0.6) is 11.5 Å². The molecule has 0 aliphatic carbocycles. The van der Waals surface area contributed by atoms with Gasteiger partial charge in [-0.05, 0) is 24.3 Å². The van der Waals surface area contributed by atoms with Crippen molar-refractivity contribution in [1.29, 1.82) is 5.26 Å². The van der Waals surface area contributed by atoms with Crippen molar-refractivity contribution in [1.82, 2.24) is 0 Å². The van der Waals surface area contributed by atoms with Crippen molar-refractivity contribution in [3.05, 3.63) is 58.4 Å². The standard InChI is InChI=1S/C17H12ClFN2O3/c1-24-15-8-12(18)7-10(16(15)22)6-11(9-20)17(23)21-14-5-3-2-4-13(14)19/h2-8,22H,1H3,(H,21,23)/b11-6-. The molecule has 5 nitrogen and oxygen atoms in total. The van der Waals surface area contributed by atoms with Gasteiger partial charge in [0.05, 0.1) is 12.8 Å². The number of methoxy groups -OCH3 is 1. The lowest BCUT2D eigenvalue weighted by molar-refractivity contribution is -0.112. The van der Waals surface area contributed by atoms with E-state index in [1.54, 1.807) is 12.1 Å². The highest BCUT2D eigenvalue weighted by Crippen LogP contribution is 2.34. The number of halogens is 2. The molecule has 1 amide bonds. The van der Waals surface area contributed by atoms with E-state index in [9.17, 15) is 19.6 Å². The Hall–Kier alpha value is -3.04. The van der Waals surface area contributed by atoms with Gasteiger partial charge in [-0.2, -0.15) is 5.26 Å². The van der Waals surface area contributed by atoms with E-state index in [0.717, 1.165) is 6.08 Å². The van der Waals surface area contributed by atoms with Crippen LogP contribution in [0.15, 0.2) is 42.0 Å². The third kappa shape index (κ3) is 3.83. The van der Waals surface area contributed by atoms with Crippen LogP contribution in [0.1, 0.15) is 5.56 Å². The van der Waals surface area contributed by atoms with E-state index in [1.165, 1.54) is 37.4 Å². The molecule has 0 aromatic heterocycles. The van der Waals surface area contributed by atoms with Crippen LogP contribution in [-0.4, -0.2) is 18.1 Å². The third-order valence-corrected chi connectivity index (χ3v) is 3.29. The van der Waals surface area contributed by atoms with Crippen LogP contribution in [0.25, 0.3) is 6.08 Å². The summed E-state index contributed by atoms with van der Waals surface area (Å²) in [6.07, 6.45) is 1.14. The number of hydrogen-bond donors (Lipinski definition) is 2. The summed E-state index contributed by atoms with van der Waals surface area (Å²) in [5.74, 6) is -1.62. The number of benzene rings is 2. The number of hydrogen-bond acceptors (Lipinski definition) is 4. The van der Waals surface area contributed by atoms with E-state index >= 15 is 0 Å². The van der Waals surface area contributed by atoms with E-state index in [2.05, 4.69) is 5.32 Å². The van der Waals surface area contributed by atoms with Crippen LogP contribution in [0.3, 0.4) is 0 Å². The molecule has 0 unspecified atom stereocenters. The SMILES string of the molecule is COc1cc(Cl)cc(/C=C(/C#N)C(=O)Nc2ccccc2F)c1O. The van der Waals surface area contributed by atoms with Crippen LogP contribution in [-0.2, 0) is 4.79 Å². The molecule has 0 spiro atoms. The number of ether oxygens (including phenoxy) is 1. The van der Waals surface area contributed by atoms with Crippen LogP contribution >= 0.6 is 11.6 Å². The molecule has 2 N–H and O–H groups in total. The second-order valence-corrected chi connectivity index (χ2v) is 5.09. The number of aromatic hydroxyl groups is 1. The quantitative estimate of drug-likeness (QED) is 0.652. The monoisotopic (exact) mass is 346 g/mol. The predicted molar refractivity (Wildman–Crippen MR) is 88.3 cm³/mol. The van der Waals surface area contributed by atoms with Crippen molar-refractivity contribution in [2.45, 2.75) is 0 Å². The molecule has 2 aromatic carbocycles. The van der Waals surface area contributed by atoms with Crippen LogP contribution < -0.4 is 10.1 Å². The zero-order valence-corrected chi connectivity index (χ0v) is 13.3. The molecule has 0 aliphatic heterocycles. The molecule has 2 aromatic rings. The number of phenols is 1. The van der Waals surface area contributed by atoms with Crippen molar-refractivity contribution in [2.75, 3.05) is 12.4 Å². The van der Waals surface area contributed by atoms with Crippen molar-refractivity contribution < 1.29 is 19.0 Å². The minimum atomic E-state index is -0.819. The van der Waals surface area contributed by atoms with Gasteiger partial charge in [0, 0.05) is 16.7 Å². The van der Waals surface area contributed by atoms with E-state index in [4.69, 9.17) is 16.3 Å². The Labute approximate surface area is 142 Å². The molecule has 0 radical (unpaired) electrons. The molecule has 2 rings (SSSR count). The normalized spacial score (nSPS) is 10.8. The van der Waals surface area contributed by atoms with Gasteiger partial charge in [-0.3, -0.25) is 4.79 Å². The Kier molecular flexibility index (Phi) is 5.40. The zero-order valence-electron chi connectivity index (χ0n) is 12.5. The van der Waals surface area contributed by atoms with E-state index in [0.29, 0.717) is 0 Å². The molecule has 0 aliphatic rings. The number of phenolic OH excluding ortho intramolecular Hbond substituents is 1. The fourth-order valence-electron chi connectivity index (χ4n) is 1.92. The molecule has 7 heteroatoms. The first-order valence-electron chi connectivity index (χ1n) is 6.70. The Morgan fingerprint density at radius 3 is 2.75 bits per heavy atom. The number of amides is 1. The number of carbonyl (C=O) groups excluding carboxylic acids is 1. The first-order chi connectivity index (χ1) is 11.5. The van der Waals surface area contributed by atoms with Gasteiger partial charge in [-0.15, -0.1) is 0 Å². The van der Waals surface area contributed by atoms with Gasteiger partial charge in [-0.25, -0.2) is 4.39 Å². The molecular weight excluding hydrogens is 335 g/mol. The minimum Gasteiger partial charge on any atom is -0.504 e. The highest BCUT2D eigenvalue weighted by molar-refractivity contribution is 6.31. The van der Waals surface area contributed by atoms with Crippen LogP contribution in [0.4, 0.5) is 10.1 Å². The smallest absolute Gasteiger partial charge is 0.266 e. The Balaban J connectivity index is 2.37. The second kappa shape index (κ2) is 7.49. The first-order valence-corrected chi connectivity index (χ1v) is 7.08. The first kappa shape index (κ1) is 17.3. The van der Waals surface area contributed by atoms with Gasteiger partial charge in [0.1, 0.15) is 17.5 Å².